The molecule has 0 aromatic carbocycles. The number of H-pyrrole nitrogens is 1. The summed E-state index contributed by atoms with van der Waals surface area (Å²) in [5.74, 6) is 0.980. The number of aromatic nitrogens is 3. The summed E-state index contributed by atoms with van der Waals surface area (Å²) in [6, 6.07) is 0.535. The Morgan fingerprint density at radius 1 is 1.28 bits per heavy atom. The number of anilines is 1. The van der Waals surface area contributed by atoms with E-state index in [0.29, 0.717) is 6.04 Å². The second-order valence-electron chi connectivity index (χ2n) is 5.36. The fourth-order valence-corrected chi connectivity index (χ4v) is 2.78. The van der Waals surface area contributed by atoms with Crippen molar-refractivity contribution in [3.8, 4) is 0 Å². The first-order valence-corrected chi connectivity index (χ1v) is 7.03. The molecule has 1 aliphatic carbocycles. The highest BCUT2D eigenvalue weighted by molar-refractivity contribution is 7.71. The average molecular weight is 269 g/mol. The van der Waals surface area contributed by atoms with E-state index in [1.165, 1.54) is 25.7 Å². The van der Waals surface area contributed by atoms with E-state index in [9.17, 15) is 0 Å². The third-order valence-corrected chi connectivity index (χ3v) is 3.89. The minimum Gasteiger partial charge on any atom is -0.343 e. The molecular formula is C12H23N5S. The fourth-order valence-electron chi connectivity index (χ4n) is 2.51. The highest BCUT2D eigenvalue weighted by Gasteiger charge is 2.22. The van der Waals surface area contributed by atoms with Gasteiger partial charge in [0.25, 0.3) is 0 Å². The van der Waals surface area contributed by atoms with Crippen LogP contribution in [0.2, 0.25) is 0 Å². The average Bonchev–Trinajstić information content (AvgIpc) is 2.94. The van der Waals surface area contributed by atoms with Gasteiger partial charge in [0.1, 0.15) is 0 Å². The Balaban J connectivity index is 2.14. The van der Waals surface area contributed by atoms with Crippen LogP contribution in [0.15, 0.2) is 0 Å². The van der Waals surface area contributed by atoms with Crippen LogP contribution >= 0.6 is 12.2 Å². The van der Waals surface area contributed by atoms with Crippen LogP contribution in [-0.4, -0.2) is 53.9 Å². The molecule has 6 heteroatoms. The van der Waals surface area contributed by atoms with Crippen LogP contribution in [0.1, 0.15) is 31.7 Å². The standard InChI is InChI=1S/C12H23N5S/c1-15(2)8-9-16(3)11-13-14-12(18)17(11)10-6-4-5-7-10/h10H,4-9H2,1-3H3,(H,14,18). The number of likely N-dealkylation sites (N-methyl/N-ethyl adjacent to an activating group) is 2. The van der Waals surface area contributed by atoms with Gasteiger partial charge in [0.2, 0.25) is 5.95 Å². The Kier molecular flexibility index (Phi) is 4.40. The van der Waals surface area contributed by atoms with Crippen LogP contribution in [0.5, 0.6) is 0 Å². The van der Waals surface area contributed by atoms with Gasteiger partial charge < -0.3 is 9.80 Å². The zero-order chi connectivity index (χ0) is 13.1. The van der Waals surface area contributed by atoms with E-state index in [1.54, 1.807) is 0 Å². The maximum atomic E-state index is 5.37. The molecule has 0 radical (unpaired) electrons. The quantitative estimate of drug-likeness (QED) is 0.831. The summed E-state index contributed by atoms with van der Waals surface area (Å²) < 4.78 is 2.96. The molecule has 1 heterocycles. The molecule has 1 fully saturated rings. The number of nitrogens with zero attached hydrogens (tertiary/aromatic N) is 4. The summed E-state index contributed by atoms with van der Waals surface area (Å²) >= 11 is 5.37. The van der Waals surface area contributed by atoms with Gasteiger partial charge >= 0.3 is 0 Å². The molecule has 1 saturated carbocycles. The van der Waals surface area contributed by atoms with Crippen molar-refractivity contribution in [3.05, 3.63) is 4.77 Å². The van der Waals surface area contributed by atoms with Gasteiger partial charge in [-0.3, -0.25) is 4.57 Å². The van der Waals surface area contributed by atoms with Gasteiger partial charge in [-0.05, 0) is 39.2 Å². The number of nitrogens with one attached hydrogen (secondary N) is 1. The molecule has 1 aromatic rings. The second kappa shape index (κ2) is 5.84. The summed E-state index contributed by atoms with van der Waals surface area (Å²) in [6.45, 7) is 1.97. The molecule has 0 unspecified atom stereocenters. The number of hydrogen-bond acceptors (Lipinski definition) is 4. The summed E-state index contributed by atoms with van der Waals surface area (Å²) in [5, 5.41) is 7.33. The van der Waals surface area contributed by atoms with Crippen molar-refractivity contribution in [2.24, 2.45) is 0 Å². The van der Waals surface area contributed by atoms with Crippen LogP contribution in [-0.2, 0) is 0 Å². The molecule has 2 rings (SSSR count). The molecule has 1 N–H and O–H groups in total. The predicted octanol–water partition coefficient (Wildman–Crippen LogP) is 2.05. The first-order chi connectivity index (χ1) is 8.59. The zero-order valence-corrected chi connectivity index (χ0v) is 12.3. The fraction of sp³-hybridized carbons (Fsp3) is 0.833. The topological polar surface area (TPSA) is 40.1 Å². The summed E-state index contributed by atoms with van der Waals surface area (Å²) in [7, 11) is 6.25. The second-order valence-corrected chi connectivity index (χ2v) is 5.75. The van der Waals surface area contributed by atoms with Gasteiger partial charge in [-0.2, -0.15) is 0 Å². The van der Waals surface area contributed by atoms with Crippen LogP contribution in [0, 0.1) is 4.77 Å². The predicted molar refractivity (Wildman–Crippen MR) is 76.7 cm³/mol. The first-order valence-electron chi connectivity index (χ1n) is 6.62. The van der Waals surface area contributed by atoms with Gasteiger partial charge in [0.05, 0.1) is 0 Å². The van der Waals surface area contributed by atoms with Crippen LogP contribution < -0.4 is 4.90 Å². The number of hydrogen-bond donors (Lipinski definition) is 1. The van der Waals surface area contributed by atoms with E-state index in [1.807, 2.05) is 0 Å². The van der Waals surface area contributed by atoms with Gasteiger partial charge in [-0.15, -0.1) is 5.10 Å². The highest BCUT2D eigenvalue weighted by Crippen LogP contribution is 2.32. The zero-order valence-electron chi connectivity index (χ0n) is 11.5. The Hall–Kier alpha value is -0.880. The first kappa shape index (κ1) is 13.5. The van der Waals surface area contributed by atoms with Crippen molar-refractivity contribution in [2.75, 3.05) is 39.1 Å². The van der Waals surface area contributed by atoms with E-state index in [4.69, 9.17) is 12.2 Å². The maximum absolute atomic E-state index is 5.37. The number of rotatable bonds is 5. The monoisotopic (exact) mass is 269 g/mol. The summed E-state index contributed by atoms with van der Waals surface area (Å²) in [6.07, 6.45) is 5.06. The molecule has 0 bridgehead atoms. The van der Waals surface area contributed by atoms with E-state index < -0.39 is 0 Å². The molecule has 1 aromatic heterocycles. The Bertz CT molecular complexity index is 430. The number of aromatic amines is 1. The van der Waals surface area contributed by atoms with Crippen LogP contribution in [0.4, 0.5) is 5.95 Å². The Morgan fingerprint density at radius 2 is 1.94 bits per heavy atom. The van der Waals surface area contributed by atoms with Crippen molar-refractivity contribution in [1.29, 1.82) is 0 Å². The Morgan fingerprint density at radius 3 is 2.56 bits per heavy atom. The lowest BCUT2D eigenvalue weighted by molar-refractivity contribution is 0.413. The van der Waals surface area contributed by atoms with Gasteiger partial charge in [0, 0.05) is 26.2 Å². The maximum Gasteiger partial charge on any atom is 0.225 e. The van der Waals surface area contributed by atoms with E-state index in [-0.39, 0.29) is 0 Å². The lowest BCUT2D eigenvalue weighted by Gasteiger charge is -2.23. The Labute approximate surface area is 114 Å². The molecular weight excluding hydrogens is 246 g/mol. The van der Waals surface area contributed by atoms with Gasteiger partial charge in [-0.25, -0.2) is 5.10 Å². The third-order valence-electron chi connectivity index (χ3n) is 3.60. The third kappa shape index (κ3) is 2.92. The van der Waals surface area contributed by atoms with Crippen LogP contribution in [0.3, 0.4) is 0 Å². The minimum atomic E-state index is 0.535. The molecule has 0 atom stereocenters. The van der Waals surface area contributed by atoms with Gasteiger partial charge in [0.15, 0.2) is 4.77 Å². The summed E-state index contributed by atoms with van der Waals surface area (Å²) in [5.41, 5.74) is 0. The van der Waals surface area contributed by atoms with Gasteiger partial charge in [-0.1, -0.05) is 12.8 Å². The highest BCUT2D eigenvalue weighted by atomic mass is 32.1. The molecule has 1 aliphatic rings. The smallest absolute Gasteiger partial charge is 0.225 e. The van der Waals surface area contributed by atoms with E-state index in [0.717, 1.165) is 23.8 Å². The van der Waals surface area contributed by atoms with Crippen molar-refractivity contribution in [3.63, 3.8) is 0 Å². The molecule has 0 aliphatic heterocycles. The molecule has 102 valence electrons. The lowest BCUT2D eigenvalue weighted by Crippen LogP contribution is -2.30. The lowest BCUT2D eigenvalue weighted by atomic mass is 10.2. The van der Waals surface area contributed by atoms with E-state index >= 15 is 0 Å². The van der Waals surface area contributed by atoms with Crippen molar-refractivity contribution in [1.82, 2.24) is 19.7 Å². The van der Waals surface area contributed by atoms with Crippen molar-refractivity contribution in [2.45, 2.75) is 31.7 Å². The molecule has 18 heavy (non-hydrogen) atoms. The normalized spacial score (nSPS) is 16.7. The van der Waals surface area contributed by atoms with Crippen LogP contribution in [0.25, 0.3) is 0 Å². The van der Waals surface area contributed by atoms with Crippen molar-refractivity contribution >= 4 is 18.2 Å². The SMILES string of the molecule is CN(C)CCN(C)c1n[nH]c(=S)n1C1CCCC1. The summed E-state index contributed by atoms with van der Waals surface area (Å²) in [4.78, 5) is 4.36. The molecule has 0 amide bonds. The molecule has 0 spiro atoms. The largest absolute Gasteiger partial charge is 0.343 e. The van der Waals surface area contributed by atoms with E-state index in [2.05, 4.69) is 45.7 Å². The molecule has 0 saturated heterocycles. The molecule has 5 nitrogen and oxygen atoms in total. The van der Waals surface area contributed by atoms with Crippen molar-refractivity contribution < 1.29 is 0 Å². The minimum absolute atomic E-state index is 0.535.